The Kier molecular flexibility index (Phi) is 6.81. The van der Waals surface area contributed by atoms with E-state index in [9.17, 15) is 0 Å². The Morgan fingerprint density at radius 2 is 1.38 bits per heavy atom. The van der Waals surface area contributed by atoms with Gasteiger partial charge in [0.05, 0.1) is 23.7 Å². The van der Waals surface area contributed by atoms with Crippen LogP contribution in [0.25, 0.3) is 17.1 Å². The number of para-hydroxylation sites is 3. The van der Waals surface area contributed by atoms with Crippen molar-refractivity contribution in [3.8, 4) is 28.6 Å². The SMILES string of the molecule is CC(C)c1cccc(C(C)C)c1-n1ccnc1-c1cccc(Oc2cccc(N3CN(C)c4ccccc43)c2)c1. The van der Waals surface area contributed by atoms with Crippen molar-refractivity contribution in [3.05, 3.63) is 115 Å². The summed E-state index contributed by atoms with van der Waals surface area (Å²) in [6, 6.07) is 31.7. The summed E-state index contributed by atoms with van der Waals surface area (Å²) in [5.41, 5.74) is 8.44. The quantitative estimate of drug-likeness (QED) is 0.211. The lowest BCUT2D eigenvalue weighted by atomic mass is 9.92. The highest BCUT2D eigenvalue weighted by atomic mass is 16.5. The smallest absolute Gasteiger partial charge is 0.144 e. The molecule has 0 spiro atoms. The van der Waals surface area contributed by atoms with Crippen molar-refractivity contribution >= 4 is 17.1 Å². The number of anilines is 3. The summed E-state index contributed by atoms with van der Waals surface area (Å²) < 4.78 is 8.67. The Labute approximate surface area is 237 Å². The maximum Gasteiger partial charge on any atom is 0.144 e. The van der Waals surface area contributed by atoms with Gasteiger partial charge in [0.2, 0.25) is 0 Å². The molecule has 0 saturated heterocycles. The number of benzene rings is 4. The Balaban J connectivity index is 1.32. The van der Waals surface area contributed by atoms with Crippen LogP contribution in [0, 0.1) is 0 Å². The molecule has 0 radical (unpaired) electrons. The van der Waals surface area contributed by atoms with Crippen molar-refractivity contribution in [1.82, 2.24) is 9.55 Å². The molecule has 0 saturated carbocycles. The van der Waals surface area contributed by atoms with E-state index in [0.717, 1.165) is 35.2 Å². The second kappa shape index (κ2) is 10.6. The molecule has 0 bridgehead atoms. The van der Waals surface area contributed by atoms with E-state index in [4.69, 9.17) is 9.72 Å². The van der Waals surface area contributed by atoms with Gasteiger partial charge in [0.1, 0.15) is 17.3 Å². The highest BCUT2D eigenvalue weighted by Crippen LogP contribution is 2.41. The van der Waals surface area contributed by atoms with E-state index in [-0.39, 0.29) is 0 Å². The topological polar surface area (TPSA) is 33.5 Å². The van der Waals surface area contributed by atoms with Gasteiger partial charge >= 0.3 is 0 Å². The Morgan fingerprint density at radius 3 is 2.10 bits per heavy atom. The van der Waals surface area contributed by atoms with Gasteiger partial charge in [-0.25, -0.2) is 4.98 Å². The number of aromatic nitrogens is 2. The predicted molar refractivity (Wildman–Crippen MR) is 166 cm³/mol. The van der Waals surface area contributed by atoms with Crippen molar-refractivity contribution in [1.29, 1.82) is 0 Å². The van der Waals surface area contributed by atoms with Crippen molar-refractivity contribution in [3.63, 3.8) is 0 Å². The highest BCUT2D eigenvalue weighted by molar-refractivity contribution is 5.82. The lowest BCUT2D eigenvalue weighted by Gasteiger charge is -2.22. The fourth-order valence-electron chi connectivity index (χ4n) is 5.64. The first-order valence-corrected chi connectivity index (χ1v) is 14.0. The van der Waals surface area contributed by atoms with Gasteiger partial charge < -0.3 is 14.5 Å². The molecule has 1 aliphatic rings. The number of rotatable bonds is 7. The molecule has 1 aromatic heterocycles. The largest absolute Gasteiger partial charge is 0.457 e. The van der Waals surface area contributed by atoms with Crippen molar-refractivity contribution in [2.75, 3.05) is 23.5 Å². The molecule has 4 aromatic carbocycles. The van der Waals surface area contributed by atoms with E-state index in [0.29, 0.717) is 11.8 Å². The Bertz CT molecular complexity index is 1620. The van der Waals surface area contributed by atoms with Crippen LogP contribution in [0.5, 0.6) is 11.5 Å². The van der Waals surface area contributed by atoms with Crippen LogP contribution >= 0.6 is 0 Å². The third-order valence-electron chi connectivity index (χ3n) is 7.62. The second-order valence-electron chi connectivity index (χ2n) is 11.1. The molecule has 0 amide bonds. The summed E-state index contributed by atoms with van der Waals surface area (Å²) >= 11 is 0. The molecule has 5 aromatic rings. The van der Waals surface area contributed by atoms with Gasteiger partial charge in [0, 0.05) is 36.8 Å². The minimum Gasteiger partial charge on any atom is -0.457 e. The maximum absolute atomic E-state index is 6.42. The number of nitrogens with zero attached hydrogens (tertiary/aromatic N) is 4. The molecular weight excluding hydrogens is 492 g/mol. The van der Waals surface area contributed by atoms with Crippen molar-refractivity contribution in [2.24, 2.45) is 0 Å². The standard InChI is InChI=1S/C35H36N4O/c1-24(2)30-15-10-16-31(25(3)4)34(30)38-20-19-36-35(38)26-11-8-13-28(21-26)40-29-14-9-12-27(22-29)39-23-37(5)32-17-6-7-18-33(32)39/h6-22,24-25H,23H2,1-5H3. The van der Waals surface area contributed by atoms with Gasteiger partial charge in [-0.3, -0.25) is 4.57 Å². The monoisotopic (exact) mass is 528 g/mol. The molecule has 202 valence electrons. The molecule has 0 unspecified atom stereocenters. The first-order chi connectivity index (χ1) is 19.4. The minimum atomic E-state index is 0.397. The zero-order valence-electron chi connectivity index (χ0n) is 23.9. The molecule has 5 heteroatoms. The second-order valence-corrected chi connectivity index (χ2v) is 11.1. The average Bonchev–Trinajstić information content (AvgIpc) is 3.58. The average molecular weight is 529 g/mol. The molecule has 0 aliphatic carbocycles. The number of imidazole rings is 1. The van der Waals surface area contributed by atoms with E-state index in [2.05, 4.69) is 128 Å². The third kappa shape index (κ3) is 4.73. The summed E-state index contributed by atoms with van der Waals surface area (Å²) in [6.07, 6.45) is 3.96. The zero-order chi connectivity index (χ0) is 27.8. The molecule has 0 atom stereocenters. The fraction of sp³-hybridized carbons (Fsp3) is 0.229. The number of hydrogen-bond acceptors (Lipinski definition) is 4. The molecule has 0 fully saturated rings. The maximum atomic E-state index is 6.42. The number of fused-ring (bicyclic) bond motifs is 1. The third-order valence-corrected chi connectivity index (χ3v) is 7.62. The van der Waals surface area contributed by atoms with Crippen LogP contribution in [-0.4, -0.2) is 23.3 Å². The van der Waals surface area contributed by atoms with Crippen LogP contribution in [-0.2, 0) is 0 Å². The molecule has 5 nitrogen and oxygen atoms in total. The van der Waals surface area contributed by atoms with Crippen molar-refractivity contribution < 1.29 is 4.74 Å². The van der Waals surface area contributed by atoms with Crippen LogP contribution in [0.4, 0.5) is 17.1 Å². The van der Waals surface area contributed by atoms with E-state index < -0.39 is 0 Å². The van der Waals surface area contributed by atoms with Crippen LogP contribution in [0.1, 0.15) is 50.7 Å². The van der Waals surface area contributed by atoms with Crippen LogP contribution in [0.2, 0.25) is 0 Å². The Morgan fingerprint density at radius 1 is 0.725 bits per heavy atom. The van der Waals surface area contributed by atoms with Crippen molar-refractivity contribution in [2.45, 2.75) is 39.5 Å². The van der Waals surface area contributed by atoms with Crippen LogP contribution < -0.4 is 14.5 Å². The van der Waals surface area contributed by atoms with Gasteiger partial charge in [0.25, 0.3) is 0 Å². The summed E-state index contributed by atoms with van der Waals surface area (Å²) in [6.45, 7) is 9.81. The van der Waals surface area contributed by atoms with Gasteiger partial charge in [-0.2, -0.15) is 0 Å². The number of ether oxygens (including phenoxy) is 1. The van der Waals surface area contributed by atoms with Gasteiger partial charge in [-0.15, -0.1) is 0 Å². The minimum absolute atomic E-state index is 0.397. The zero-order valence-corrected chi connectivity index (χ0v) is 23.9. The van der Waals surface area contributed by atoms with Gasteiger partial charge in [-0.1, -0.05) is 76.2 Å². The summed E-state index contributed by atoms with van der Waals surface area (Å²) in [7, 11) is 2.12. The van der Waals surface area contributed by atoms with Crippen LogP contribution in [0.15, 0.2) is 103 Å². The summed E-state index contributed by atoms with van der Waals surface area (Å²) in [5.74, 6) is 3.29. The molecule has 1 aliphatic heterocycles. The predicted octanol–water partition coefficient (Wildman–Crippen LogP) is 9.12. The van der Waals surface area contributed by atoms with E-state index in [1.165, 1.54) is 28.2 Å². The number of hydrogen-bond donors (Lipinski definition) is 0. The molecule has 6 rings (SSSR count). The summed E-state index contributed by atoms with van der Waals surface area (Å²) in [4.78, 5) is 9.38. The van der Waals surface area contributed by atoms with E-state index >= 15 is 0 Å². The van der Waals surface area contributed by atoms with E-state index in [1.54, 1.807) is 0 Å². The highest BCUT2D eigenvalue weighted by Gasteiger charge is 2.24. The molecule has 40 heavy (non-hydrogen) atoms. The fourth-order valence-corrected chi connectivity index (χ4v) is 5.64. The lowest BCUT2D eigenvalue weighted by Crippen LogP contribution is -2.23. The van der Waals surface area contributed by atoms with Gasteiger partial charge in [0.15, 0.2) is 0 Å². The van der Waals surface area contributed by atoms with E-state index in [1.807, 2.05) is 24.4 Å². The van der Waals surface area contributed by atoms with Gasteiger partial charge in [-0.05, 0) is 59.4 Å². The molecule has 0 N–H and O–H groups in total. The lowest BCUT2D eigenvalue weighted by molar-refractivity contribution is 0.483. The molecule has 2 heterocycles. The summed E-state index contributed by atoms with van der Waals surface area (Å²) in [5, 5.41) is 0. The molecular formula is C35H36N4O. The Hall–Kier alpha value is -4.51. The first-order valence-electron chi connectivity index (χ1n) is 14.0. The van der Waals surface area contributed by atoms with Crippen LogP contribution in [0.3, 0.4) is 0 Å². The normalized spacial score (nSPS) is 12.9. The first kappa shape index (κ1) is 25.8.